The average Bonchev–Trinajstić information content (AvgIpc) is 3.02. The number of nitrogens with one attached hydrogen (secondary N) is 2. The second kappa shape index (κ2) is 13.1. The van der Waals surface area contributed by atoms with Crippen molar-refractivity contribution in [3.63, 3.8) is 0 Å². The highest BCUT2D eigenvalue weighted by molar-refractivity contribution is 6.05. The van der Waals surface area contributed by atoms with Crippen LogP contribution in [0.15, 0.2) is 72.8 Å². The lowest BCUT2D eigenvalue weighted by Gasteiger charge is -2.42. The maximum absolute atomic E-state index is 13.5. The molecule has 2 aliphatic rings. The van der Waals surface area contributed by atoms with E-state index in [1.54, 1.807) is 24.1 Å². The number of benzene rings is 3. The molecule has 9 nitrogen and oxygen atoms in total. The van der Waals surface area contributed by atoms with Crippen LogP contribution in [0.25, 0.3) is 0 Å². The quantitative estimate of drug-likeness (QED) is 0.396. The molecule has 0 unspecified atom stereocenters. The molecule has 4 atom stereocenters. The van der Waals surface area contributed by atoms with Crippen molar-refractivity contribution in [2.75, 3.05) is 32.6 Å². The smallest absolute Gasteiger partial charge is 0.416 e. The summed E-state index contributed by atoms with van der Waals surface area (Å²) < 4.78 is 56.3. The molecule has 12 heteroatoms. The molecule has 1 fully saturated rings. The van der Waals surface area contributed by atoms with Crippen LogP contribution in [0.5, 0.6) is 5.75 Å². The lowest BCUT2D eigenvalue weighted by molar-refractivity contribution is -0.137. The molecule has 1 saturated heterocycles. The zero-order valence-corrected chi connectivity index (χ0v) is 24.1. The van der Waals surface area contributed by atoms with Crippen molar-refractivity contribution in [2.24, 2.45) is 0 Å². The van der Waals surface area contributed by atoms with Crippen LogP contribution in [0.2, 0.25) is 0 Å². The SMILES string of the molecule is CO[C@H](C(=O)NC[C@@H]1CC[C@H]2[C@H](COc3ccc(NC(=O)c4ccc(C(F)(F)F)cc4)cc3C(=O)N2C)O1)c1ccccc1. The molecule has 0 radical (unpaired) electrons. The summed E-state index contributed by atoms with van der Waals surface area (Å²) in [6, 6.07) is 17.3. The molecule has 2 N–H and O–H groups in total. The van der Waals surface area contributed by atoms with Crippen molar-refractivity contribution >= 4 is 23.4 Å². The van der Waals surface area contributed by atoms with Crippen LogP contribution in [-0.2, 0) is 20.4 Å². The number of hydrogen-bond donors (Lipinski definition) is 2. The van der Waals surface area contributed by atoms with E-state index in [2.05, 4.69) is 10.6 Å². The van der Waals surface area contributed by atoms with Crippen LogP contribution < -0.4 is 15.4 Å². The summed E-state index contributed by atoms with van der Waals surface area (Å²) in [5.41, 5.74) is 0.445. The Hall–Kier alpha value is -4.42. The summed E-state index contributed by atoms with van der Waals surface area (Å²) in [6.07, 6.45) is -4.78. The number of anilines is 1. The van der Waals surface area contributed by atoms with Crippen LogP contribution in [-0.4, -0.2) is 68.2 Å². The molecule has 2 heterocycles. The normalized spacial score (nSPS) is 20.7. The third-order valence-electron chi connectivity index (χ3n) is 7.82. The zero-order chi connectivity index (χ0) is 31.4. The standard InChI is InChI=1S/C32H32F3N3O6/c1-38-25-14-13-23(17-36-30(40)28(42-2)19-6-4-3-5-7-19)44-27(25)18-43-26-15-12-22(16-24(26)31(38)41)37-29(39)20-8-10-21(11-9-20)32(33,34)35/h3-12,15-16,23,25,27-28H,13-14,17-18H2,1-2H3,(H,36,40)(H,37,39)/t23-,25-,27-,28-/m0/s1. The van der Waals surface area contributed by atoms with Gasteiger partial charge in [-0.05, 0) is 60.9 Å². The molecule has 44 heavy (non-hydrogen) atoms. The Balaban J connectivity index is 1.22. The second-order valence-electron chi connectivity index (χ2n) is 10.7. The van der Waals surface area contributed by atoms with E-state index in [0.29, 0.717) is 18.6 Å². The molecule has 3 aromatic rings. The fraction of sp³-hybridized carbons (Fsp3) is 0.344. The van der Waals surface area contributed by atoms with E-state index in [1.807, 2.05) is 30.3 Å². The van der Waals surface area contributed by atoms with E-state index < -0.39 is 29.9 Å². The number of nitrogens with zero attached hydrogens (tertiary/aromatic N) is 1. The van der Waals surface area contributed by atoms with E-state index in [-0.39, 0.29) is 53.9 Å². The van der Waals surface area contributed by atoms with Gasteiger partial charge in [0.1, 0.15) is 18.5 Å². The van der Waals surface area contributed by atoms with Gasteiger partial charge in [-0.2, -0.15) is 13.2 Å². The molecule has 5 rings (SSSR count). The molecule has 0 saturated carbocycles. The molecule has 0 aromatic heterocycles. The number of rotatable bonds is 7. The van der Waals surface area contributed by atoms with Gasteiger partial charge in [0.2, 0.25) is 0 Å². The predicted octanol–water partition coefficient (Wildman–Crippen LogP) is 4.84. The fourth-order valence-corrected chi connectivity index (χ4v) is 5.45. The Morgan fingerprint density at radius 1 is 1.05 bits per heavy atom. The van der Waals surface area contributed by atoms with Crippen molar-refractivity contribution in [1.29, 1.82) is 0 Å². The molecule has 232 valence electrons. The molecular weight excluding hydrogens is 579 g/mol. The van der Waals surface area contributed by atoms with Crippen LogP contribution >= 0.6 is 0 Å². The van der Waals surface area contributed by atoms with Gasteiger partial charge < -0.3 is 29.7 Å². The zero-order valence-electron chi connectivity index (χ0n) is 24.1. The van der Waals surface area contributed by atoms with Gasteiger partial charge in [0.15, 0.2) is 6.10 Å². The van der Waals surface area contributed by atoms with E-state index in [1.165, 1.54) is 13.2 Å². The topological polar surface area (TPSA) is 106 Å². The molecule has 0 aliphatic carbocycles. The van der Waals surface area contributed by atoms with Crippen LogP contribution in [0.1, 0.15) is 50.8 Å². The van der Waals surface area contributed by atoms with Gasteiger partial charge in [0.05, 0.1) is 23.3 Å². The molecular formula is C32H32F3N3O6. The first kappa shape index (κ1) is 31.0. The summed E-state index contributed by atoms with van der Waals surface area (Å²) >= 11 is 0. The van der Waals surface area contributed by atoms with Crippen LogP contribution in [0, 0.1) is 0 Å². The first-order valence-electron chi connectivity index (χ1n) is 14.1. The summed E-state index contributed by atoms with van der Waals surface area (Å²) in [6.45, 7) is 0.423. The Labute approximate surface area is 252 Å². The summed E-state index contributed by atoms with van der Waals surface area (Å²) in [4.78, 5) is 40.6. The Morgan fingerprint density at radius 2 is 1.77 bits per heavy atom. The fourth-order valence-electron chi connectivity index (χ4n) is 5.45. The van der Waals surface area contributed by atoms with Crippen molar-refractivity contribution in [1.82, 2.24) is 10.2 Å². The number of halogens is 3. The third-order valence-corrected chi connectivity index (χ3v) is 7.82. The number of fused-ring (bicyclic) bond motifs is 2. The minimum Gasteiger partial charge on any atom is -0.490 e. The van der Waals surface area contributed by atoms with E-state index in [9.17, 15) is 27.6 Å². The van der Waals surface area contributed by atoms with Crippen molar-refractivity contribution in [2.45, 2.75) is 43.4 Å². The summed E-state index contributed by atoms with van der Waals surface area (Å²) in [5, 5.41) is 5.54. The van der Waals surface area contributed by atoms with Gasteiger partial charge in [0, 0.05) is 32.0 Å². The second-order valence-corrected chi connectivity index (χ2v) is 10.7. The van der Waals surface area contributed by atoms with Gasteiger partial charge in [-0.3, -0.25) is 14.4 Å². The monoisotopic (exact) mass is 611 g/mol. The van der Waals surface area contributed by atoms with Gasteiger partial charge >= 0.3 is 6.18 Å². The highest BCUT2D eigenvalue weighted by atomic mass is 19.4. The lowest BCUT2D eigenvalue weighted by Crippen LogP contribution is -2.55. The number of alkyl halides is 3. The first-order valence-corrected chi connectivity index (χ1v) is 14.1. The largest absolute Gasteiger partial charge is 0.490 e. The Bertz CT molecular complexity index is 1500. The van der Waals surface area contributed by atoms with Crippen LogP contribution in [0.4, 0.5) is 18.9 Å². The van der Waals surface area contributed by atoms with Gasteiger partial charge in [0.25, 0.3) is 17.7 Å². The number of carbonyl (C=O) groups is 3. The minimum atomic E-state index is -4.51. The summed E-state index contributed by atoms with van der Waals surface area (Å²) in [5.74, 6) is -0.925. The molecule has 3 aromatic carbocycles. The van der Waals surface area contributed by atoms with Gasteiger partial charge in [-0.15, -0.1) is 0 Å². The number of ether oxygens (including phenoxy) is 3. The van der Waals surface area contributed by atoms with E-state index >= 15 is 0 Å². The van der Waals surface area contributed by atoms with Crippen LogP contribution in [0.3, 0.4) is 0 Å². The molecule has 0 spiro atoms. The number of carbonyl (C=O) groups excluding carboxylic acids is 3. The maximum Gasteiger partial charge on any atom is 0.416 e. The van der Waals surface area contributed by atoms with E-state index in [0.717, 1.165) is 29.8 Å². The van der Waals surface area contributed by atoms with Crippen molar-refractivity contribution in [3.8, 4) is 5.75 Å². The van der Waals surface area contributed by atoms with Crippen molar-refractivity contribution in [3.05, 3.63) is 95.1 Å². The predicted molar refractivity (Wildman–Crippen MR) is 154 cm³/mol. The third kappa shape index (κ3) is 6.87. The Morgan fingerprint density at radius 3 is 2.45 bits per heavy atom. The van der Waals surface area contributed by atoms with Gasteiger partial charge in [-0.25, -0.2) is 0 Å². The van der Waals surface area contributed by atoms with Gasteiger partial charge in [-0.1, -0.05) is 30.3 Å². The highest BCUT2D eigenvalue weighted by Crippen LogP contribution is 2.33. The molecule has 0 bridgehead atoms. The highest BCUT2D eigenvalue weighted by Gasteiger charge is 2.39. The molecule has 3 amide bonds. The number of amides is 3. The first-order chi connectivity index (χ1) is 21.0. The average molecular weight is 612 g/mol. The van der Waals surface area contributed by atoms with E-state index in [4.69, 9.17) is 14.2 Å². The summed E-state index contributed by atoms with van der Waals surface area (Å²) in [7, 11) is 3.16. The molecule has 2 aliphatic heterocycles. The minimum absolute atomic E-state index is 0.0372. The maximum atomic E-state index is 13.5. The van der Waals surface area contributed by atoms with Crippen molar-refractivity contribution < 1.29 is 41.8 Å². The number of likely N-dealkylation sites (N-methyl/N-ethyl adjacent to an activating group) is 1. The lowest BCUT2D eigenvalue weighted by atomic mass is 9.95. The Kier molecular flexibility index (Phi) is 9.21. The number of hydrogen-bond acceptors (Lipinski definition) is 6. The number of methoxy groups -OCH3 is 1.